The Hall–Kier alpha value is -2.61. The number of hydrogen-bond acceptors (Lipinski definition) is 6. The lowest BCUT2D eigenvalue weighted by molar-refractivity contribution is -0.167. The van der Waals surface area contributed by atoms with E-state index in [1.807, 2.05) is 60.7 Å². The second-order valence-corrected chi connectivity index (χ2v) is 9.59. The van der Waals surface area contributed by atoms with E-state index >= 15 is 0 Å². The normalized spacial score (nSPS) is 21.9. The fourth-order valence-electron chi connectivity index (χ4n) is 5.22. The van der Waals surface area contributed by atoms with Crippen LogP contribution in [0.5, 0.6) is 5.75 Å². The van der Waals surface area contributed by atoms with Gasteiger partial charge in [0, 0.05) is 45.4 Å². The Balaban J connectivity index is 0.00000200. The van der Waals surface area contributed by atoms with Crippen molar-refractivity contribution in [3.63, 3.8) is 0 Å². The van der Waals surface area contributed by atoms with Gasteiger partial charge in [0.05, 0.1) is 13.2 Å². The van der Waals surface area contributed by atoms with Crippen molar-refractivity contribution in [2.75, 3.05) is 40.4 Å². The van der Waals surface area contributed by atoms with Gasteiger partial charge < -0.3 is 14.2 Å². The first-order valence-corrected chi connectivity index (χ1v) is 12.6. The zero-order chi connectivity index (χ0) is 25.0. The van der Waals surface area contributed by atoms with Crippen molar-refractivity contribution in [1.82, 2.24) is 9.80 Å². The smallest absolute Gasteiger partial charge is 0.321 e. The Morgan fingerprint density at radius 3 is 2.03 bits per heavy atom. The summed E-state index contributed by atoms with van der Waals surface area (Å²) in [7, 11) is 3.29. The van der Waals surface area contributed by atoms with Gasteiger partial charge in [-0.1, -0.05) is 72.8 Å². The Bertz CT molecular complexity index is 1140. The van der Waals surface area contributed by atoms with E-state index in [0.29, 0.717) is 6.42 Å². The molecule has 3 atom stereocenters. The molecular formula is C30H36Cl2N2O4. The second kappa shape index (κ2) is 13.5. The molecule has 5 rings (SSSR count). The van der Waals surface area contributed by atoms with E-state index in [4.69, 9.17) is 14.2 Å². The number of carbonyl (C=O) groups is 1. The van der Waals surface area contributed by atoms with Gasteiger partial charge in [0.1, 0.15) is 11.2 Å². The Morgan fingerprint density at radius 1 is 0.868 bits per heavy atom. The fourth-order valence-corrected chi connectivity index (χ4v) is 5.22. The molecule has 38 heavy (non-hydrogen) atoms. The van der Waals surface area contributed by atoms with Gasteiger partial charge >= 0.3 is 5.97 Å². The van der Waals surface area contributed by atoms with Gasteiger partial charge in [-0.2, -0.15) is 0 Å². The topological polar surface area (TPSA) is 51.2 Å². The van der Waals surface area contributed by atoms with Crippen molar-refractivity contribution in [1.29, 1.82) is 0 Å². The molecular weight excluding hydrogens is 523 g/mol. The molecule has 8 heteroatoms. The monoisotopic (exact) mass is 558 g/mol. The molecule has 0 aromatic heterocycles. The highest BCUT2D eigenvalue weighted by atomic mass is 35.5. The summed E-state index contributed by atoms with van der Waals surface area (Å²) < 4.78 is 17.3. The molecule has 0 bridgehead atoms. The van der Waals surface area contributed by atoms with Crippen LogP contribution in [0.2, 0.25) is 0 Å². The minimum atomic E-state index is -0.789. The summed E-state index contributed by atoms with van der Waals surface area (Å²) in [6.07, 6.45) is -0.0237. The number of carbonyl (C=O) groups excluding carboxylic acids is 1. The summed E-state index contributed by atoms with van der Waals surface area (Å²) in [6.45, 7) is 4.41. The highest BCUT2D eigenvalue weighted by Crippen LogP contribution is 2.52. The lowest BCUT2D eigenvalue weighted by Crippen LogP contribution is -2.48. The Morgan fingerprint density at radius 2 is 1.47 bits per heavy atom. The van der Waals surface area contributed by atoms with Gasteiger partial charge in [0.25, 0.3) is 0 Å². The number of rotatable bonds is 9. The Kier molecular flexibility index (Phi) is 10.6. The van der Waals surface area contributed by atoms with Gasteiger partial charge in [0.15, 0.2) is 6.23 Å². The molecule has 0 radical (unpaired) electrons. The summed E-state index contributed by atoms with van der Waals surface area (Å²) in [5, 5.41) is 0. The number of ether oxygens (including phenoxy) is 3. The highest BCUT2D eigenvalue weighted by Gasteiger charge is 2.64. The van der Waals surface area contributed by atoms with Crippen LogP contribution in [0, 0.1) is 0 Å². The molecule has 0 spiro atoms. The first kappa shape index (κ1) is 29.9. The standard InChI is InChI=1S/C30H34N2O4.2ClH/c1-34-26-15-13-25(14-16-26)30(21-27(30)35-2)29(33)36-28(24-11-7-4-8-12-24)32-19-17-31(18-20-32)22-23-9-5-3-6-10-23;;/h3-16,27-28H,17-22H2,1-2H3;2*1H/t27-,28?,30-;;/m0../s1. The van der Waals surface area contributed by atoms with E-state index in [1.165, 1.54) is 5.56 Å². The van der Waals surface area contributed by atoms with E-state index in [1.54, 1.807) is 14.2 Å². The predicted molar refractivity (Wildman–Crippen MR) is 153 cm³/mol. The van der Waals surface area contributed by atoms with Crippen LogP contribution in [0.4, 0.5) is 0 Å². The molecule has 204 valence electrons. The number of halogens is 2. The number of esters is 1. The minimum Gasteiger partial charge on any atom is -0.497 e. The molecule has 1 saturated carbocycles. The molecule has 3 aromatic rings. The number of hydrogen-bond donors (Lipinski definition) is 0. The zero-order valence-electron chi connectivity index (χ0n) is 21.8. The minimum absolute atomic E-state index is 0. The summed E-state index contributed by atoms with van der Waals surface area (Å²) in [5.74, 6) is 0.521. The average molecular weight is 560 g/mol. The molecule has 2 aliphatic rings. The molecule has 0 amide bonds. The van der Waals surface area contributed by atoms with Gasteiger partial charge in [-0.25, -0.2) is 0 Å². The first-order chi connectivity index (χ1) is 17.6. The highest BCUT2D eigenvalue weighted by molar-refractivity contribution is 5.88. The van der Waals surface area contributed by atoms with Crippen molar-refractivity contribution < 1.29 is 19.0 Å². The SMILES string of the molecule is COc1ccc([C@@]2(C(=O)OC(c3ccccc3)N3CCN(Cc4ccccc4)CC3)C[C@@H]2OC)cc1.Cl.Cl. The van der Waals surface area contributed by atoms with E-state index in [-0.39, 0.29) is 36.9 Å². The average Bonchev–Trinajstić information content (AvgIpc) is 3.69. The quantitative estimate of drug-likeness (QED) is 0.334. The van der Waals surface area contributed by atoms with Crippen molar-refractivity contribution >= 4 is 30.8 Å². The van der Waals surface area contributed by atoms with Gasteiger partial charge in [0.2, 0.25) is 0 Å². The summed E-state index contributed by atoms with van der Waals surface area (Å²) in [5.41, 5.74) is 2.42. The number of methoxy groups -OCH3 is 2. The molecule has 1 aliphatic heterocycles. The maximum atomic E-state index is 13.8. The van der Waals surface area contributed by atoms with Crippen LogP contribution in [-0.4, -0.2) is 62.3 Å². The largest absolute Gasteiger partial charge is 0.497 e. The van der Waals surface area contributed by atoms with Crippen LogP contribution in [0.3, 0.4) is 0 Å². The third kappa shape index (κ3) is 6.33. The summed E-state index contributed by atoms with van der Waals surface area (Å²) in [6, 6.07) is 28.3. The molecule has 1 aliphatic carbocycles. The van der Waals surface area contributed by atoms with Crippen LogP contribution in [-0.2, 0) is 26.2 Å². The molecule has 0 N–H and O–H groups in total. The molecule has 3 aromatic carbocycles. The first-order valence-electron chi connectivity index (χ1n) is 12.6. The van der Waals surface area contributed by atoms with Crippen molar-refractivity contribution in [3.8, 4) is 5.75 Å². The Labute approximate surface area is 237 Å². The lowest BCUT2D eigenvalue weighted by atomic mass is 9.95. The maximum Gasteiger partial charge on any atom is 0.321 e. The third-order valence-electron chi connectivity index (χ3n) is 7.44. The van der Waals surface area contributed by atoms with Gasteiger partial charge in [-0.3, -0.25) is 14.6 Å². The predicted octanol–water partition coefficient (Wildman–Crippen LogP) is 5.26. The zero-order valence-corrected chi connectivity index (χ0v) is 23.5. The molecule has 2 fully saturated rings. The third-order valence-corrected chi connectivity index (χ3v) is 7.44. The van der Waals surface area contributed by atoms with Crippen LogP contribution >= 0.6 is 24.8 Å². The van der Waals surface area contributed by atoms with E-state index in [9.17, 15) is 4.79 Å². The molecule has 1 heterocycles. The lowest BCUT2D eigenvalue weighted by Gasteiger charge is -2.39. The summed E-state index contributed by atoms with van der Waals surface area (Å²) in [4.78, 5) is 18.5. The van der Waals surface area contributed by atoms with E-state index < -0.39 is 11.6 Å². The van der Waals surface area contributed by atoms with Crippen LogP contribution < -0.4 is 4.74 Å². The van der Waals surface area contributed by atoms with Crippen LogP contribution in [0.25, 0.3) is 0 Å². The van der Waals surface area contributed by atoms with Gasteiger partial charge in [-0.15, -0.1) is 24.8 Å². The summed E-state index contributed by atoms with van der Waals surface area (Å²) >= 11 is 0. The van der Waals surface area contributed by atoms with E-state index in [2.05, 4.69) is 34.1 Å². The van der Waals surface area contributed by atoms with Crippen molar-refractivity contribution in [3.05, 3.63) is 102 Å². The van der Waals surface area contributed by atoms with Crippen LogP contribution in [0.15, 0.2) is 84.9 Å². The van der Waals surface area contributed by atoms with Crippen molar-refractivity contribution in [2.45, 2.75) is 30.7 Å². The molecule has 1 saturated heterocycles. The number of benzene rings is 3. The number of nitrogens with zero attached hydrogens (tertiary/aromatic N) is 2. The number of piperazine rings is 1. The van der Waals surface area contributed by atoms with Crippen LogP contribution in [0.1, 0.15) is 29.3 Å². The molecule has 1 unspecified atom stereocenters. The molecule has 6 nitrogen and oxygen atoms in total. The van der Waals surface area contributed by atoms with Gasteiger partial charge in [-0.05, 0) is 29.7 Å². The van der Waals surface area contributed by atoms with Crippen molar-refractivity contribution in [2.24, 2.45) is 0 Å². The maximum absolute atomic E-state index is 13.8. The fraction of sp³-hybridized carbons (Fsp3) is 0.367. The van der Waals surface area contributed by atoms with E-state index in [0.717, 1.165) is 49.6 Å². The second-order valence-electron chi connectivity index (χ2n) is 9.59.